The summed E-state index contributed by atoms with van der Waals surface area (Å²) in [7, 11) is 1.62. The summed E-state index contributed by atoms with van der Waals surface area (Å²) >= 11 is 5.82. The lowest BCUT2D eigenvalue weighted by atomic mass is 10.2. The average molecular weight is 276 g/mol. The third-order valence-corrected chi connectivity index (χ3v) is 2.78. The van der Waals surface area contributed by atoms with E-state index in [4.69, 9.17) is 17.0 Å². The fourth-order valence-electron chi connectivity index (χ4n) is 1.66. The number of hydrogen-bond acceptors (Lipinski definition) is 4. The van der Waals surface area contributed by atoms with Crippen molar-refractivity contribution in [3.8, 4) is 0 Å². The van der Waals surface area contributed by atoms with Crippen LogP contribution in [-0.2, 0) is 7.05 Å². The highest BCUT2D eigenvalue weighted by Crippen LogP contribution is 2.31. The molecule has 0 aliphatic heterocycles. The number of hydrogen-bond donors (Lipinski definition) is 0. The molecule has 2 aromatic rings. The van der Waals surface area contributed by atoms with E-state index in [1.807, 2.05) is 0 Å². The highest BCUT2D eigenvalue weighted by Gasteiger charge is 2.23. The van der Waals surface area contributed by atoms with E-state index in [2.05, 4.69) is 15.1 Å². The van der Waals surface area contributed by atoms with E-state index in [-0.39, 0.29) is 11.5 Å². The normalized spacial score (nSPS) is 11.4. The summed E-state index contributed by atoms with van der Waals surface area (Å²) in [6, 6.07) is 6.46. The maximum atomic E-state index is 12.0. The van der Waals surface area contributed by atoms with Crippen LogP contribution in [0.3, 0.4) is 0 Å². The van der Waals surface area contributed by atoms with Crippen molar-refractivity contribution in [1.82, 2.24) is 9.78 Å². The van der Waals surface area contributed by atoms with Crippen LogP contribution in [0.15, 0.2) is 29.3 Å². The molecule has 0 radical (unpaired) electrons. The van der Waals surface area contributed by atoms with Crippen molar-refractivity contribution in [2.45, 2.75) is 6.92 Å². The second-order valence-corrected chi connectivity index (χ2v) is 4.34. The number of aryl methyl sites for hydroxylation is 2. The molecule has 0 amide bonds. The Balaban J connectivity index is 2.50. The molecular weight excluding hydrogens is 266 g/mol. The van der Waals surface area contributed by atoms with Gasteiger partial charge in [0.25, 0.3) is 0 Å². The first kappa shape index (κ1) is 13.1. The van der Waals surface area contributed by atoms with Gasteiger partial charge in [-0.25, -0.2) is 9.67 Å². The van der Waals surface area contributed by atoms with Crippen molar-refractivity contribution in [2.75, 3.05) is 0 Å². The van der Waals surface area contributed by atoms with Crippen LogP contribution in [-0.4, -0.2) is 15.7 Å². The summed E-state index contributed by atoms with van der Waals surface area (Å²) in [5, 5.41) is 25.4. The summed E-state index contributed by atoms with van der Waals surface area (Å²) in [5.74, 6) is -0.277. The zero-order valence-electron chi connectivity index (χ0n) is 10.3. The second kappa shape index (κ2) is 5.08. The minimum atomic E-state index is -0.476. The Hall–Kier alpha value is -2.39. The van der Waals surface area contributed by atoms with E-state index in [0.29, 0.717) is 16.3 Å². The number of rotatable bonds is 2. The van der Waals surface area contributed by atoms with E-state index in [1.54, 1.807) is 32.2 Å². The lowest BCUT2D eigenvalue weighted by Crippen LogP contribution is -2.18. The highest BCUT2D eigenvalue weighted by molar-refractivity contribution is 6.30. The van der Waals surface area contributed by atoms with Gasteiger partial charge in [-0.15, -0.1) is 0 Å². The molecule has 6 nitrogen and oxygen atoms in total. The second-order valence-electron chi connectivity index (χ2n) is 3.91. The van der Waals surface area contributed by atoms with Gasteiger partial charge < -0.3 is 5.11 Å². The zero-order valence-corrected chi connectivity index (χ0v) is 11.1. The van der Waals surface area contributed by atoms with Gasteiger partial charge in [-0.3, -0.25) is 0 Å². The van der Waals surface area contributed by atoms with Crippen LogP contribution in [0.2, 0.25) is 5.02 Å². The SMILES string of the molecule is Cc1nn(C)c(N=C([O-])c2cccc(Cl)c2)c1[N+]#N. The molecule has 0 fully saturated rings. The molecule has 96 valence electrons. The standard InChI is InChI=1S/C12H10ClN5O/c1-7-10(16-14)11(18(2)17-7)15-12(19)8-4-3-5-9(13)6-8/h3-6H,1-2H3. The Kier molecular flexibility index (Phi) is 3.49. The first-order valence-electron chi connectivity index (χ1n) is 5.43. The predicted molar refractivity (Wildman–Crippen MR) is 70.3 cm³/mol. The number of aromatic nitrogens is 2. The number of benzene rings is 1. The van der Waals surface area contributed by atoms with E-state index in [0.717, 1.165) is 0 Å². The van der Waals surface area contributed by atoms with Gasteiger partial charge in [-0.05, 0) is 30.5 Å². The number of aliphatic imine (C=N–C) groups is 1. The zero-order chi connectivity index (χ0) is 14.0. The molecule has 1 aromatic carbocycles. The molecular formula is C12H10ClN5O. The molecule has 1 aromatic heterocycles. The summed E-state index contributed by atoms with van der Waals surface area (Å²) in [4.78, 5) is 7.01. The first-order chi connectivity index (χ1) is 9.02. The van der Waals surface area contributed by atoms with E-state index >= 15 is 0 Å². The summed E-state index contributed by atoms with van der Waals surface area (Å²) in [5.41, 5.74) is 1.02. The Bertz CT molecular complexity index is 699. The average Bonchev–Trinajstić information content (AvgIpc) is 2.63. The number of diazo groups is 1. The first-order valence-corrected chi connectivity index (χ1v) is 5.81. The summed E-state index contributed by atoms with van der Waals surface area (Å²) < 4.78 is 1.38. The molecule has 0 spiro atoms. The molecule has 0 saturated heterocycles. The Morgan fingerprint density at radius 2 is 2.26 bits per heavy atom. The van der Waals surface area contributed by atoms with Crippen molar-refractivity contribution in [1.29, 1.82) is 5.39 Å². The Morgan fingerprint density at radius 1 is 1.53 bits per heavy atom. The van der Waals surface area contributed by atoms with E-state index < -0.39 is 5.90 Å². The third kappa shape index (κ3) is 2.56. The fourth-order valence-corrected chi connectivity index (χ4v) is 1.85. The van der Waals surface area contributed by atoms with Crippen LogP contribution in [0.4, 0.5) is 11.5 Å². The maximum absolute atomic E-state index is 12.0. The predicted octanol–water partition coefficient (Wildman–Crippen LogP) is 2.31. The van der Waals surface area contributed by atoms with Crippen molar-refractivity contribution >= 4 is 29.0 Å². The molecule has 0 saturated carbocycles. The smallest absolute Gasteiger partial charge is 0.451 e. The van der Waals surface area contributed by atoms with Gasteiger partial charge in [-0.2, -0.15) is 5.10 Å². The largest absolute Gasteiger partial charge is 0.858 e. The molecule has 0 bridgehead atoms. The highest BCUT2D eigenvalue weighted by atomic mass is 35.5. The van der Waals surface area contributed by atoms with Crippen molar-refractivity contribution in [3.63, 3.8) is 0 Å². The quantitative estimate of drug-likeness (QED) is 0.479. The van der Waals surface area contributed by atoms with Crippen LogP contribution in [0.5, 0.6) is 0 Å². The maximum Gasteiger partial charge on any atom is 0.451 e. The molecule has 19 heavy (non-hydrogen) atoms. The van der Waals surface area contributed by atoms with Gasteiger partial charge >= 0.3 is 5.69 Å². The molecule has 1 heterocycles. The van der Waals surface area contributed by atoms with E-state index in [1.165, 1.54) is 10.7 Å². The monoisotopic (exact) mass is 275 g/mol. The Morgan fingerprint density at radius 3 is 2.89 bits per heavy atom. The molecule has 0 aliphatic carbocycles. The fraction of sp³-hybridized carbons (Fsp3) is 0.167. The lowest BCUT2D eigenvalue weighted by molar-refractivity contribution is -0.212. The van der Waals surface area contributed by atoms with Gasteiger partial charge in [0.05, 0.1) is 0 Å². The van der Waals surface area contributed by atoms with Gasteiger partial charge in [0.15, 0.2) is 10.7 Å². The molecule has 0 aliphatic rings. The van der Waals surface area contributed by atoms with Gasteiger partial charge in [0.2, 0.25) is 11.2 Å². The molecule has 0 unspecified atom stereocenters. The van der Waals surface area contributed by atoms with Crippen molar-refractivity contribution in [2.24, 2.45) is 12.0 Å². The summed E-state index contributed by atoms with van der Waals surface area (Å²) in [6.07, 6.45) is 0. The van der Waals surface area contributed by atoms with Crippen molar-refractivity contribution in [3.05, 3.63) is 45.5 Å². The van der Waals surface area contributed by atoms with Crippen LogP contribution < -0.4 is 5.11 Å². The van der Waals surface area contributed by atoms with Crippen LogP contribution in [0.25, 0.3) is 4.98 Å². The molecule has 7 heteroatoms. The molecule has 0 atom stereocenters. The Labute approximate surface area is 114 Å². The minimum absolute atomic E-state index is 0.179. The van der Waals surface area contributed by atoms with Gasteiger partial charge in [0, 0.05) is 12.1 Å². The van der Waals surface area contributed by atoms with Gasteiger partial charge in [-0.1, -0.05) is 23.7 Å². The lowest BCUT2D eigenvalue weighted by Gasteiger charge is -2.10. The number of nitrogens with zero attached hydrogens (tertiary/aromatic N) is 5. The van der Waals surface area contributed by atoms with Crippen LogP contribution >= 0.6 is 11.6 Å². The topological polar surface area (TPSA) is 81.4 Å². The van der Waals surface area contributed by atoms with Crippen LogP contribution in [0, 0.1) is 12.3 Å². The molecule has 0 N–H and O–H groups in total. The number of halogens is 1. The summed E-state index contributed by atoms with van der Waals surface area (Å²) in [6.45, 7) is 1.66. The van der Waals surface area contributed by atoms with Crippen LogP contribution in [0.1, 0.15) is 11.3 Å². The van der Waals surface area contributed by atoms with Gasteiger partial charge in [0.1, 0.15) is 0 Å². The van der Waals surface area contributed by atoms with E-state index in [9.17, 15) is 5.11 Å². The molecule has 2 rings (SSSR count). The third-order valence-electron chi connectivity index (χ3n) is 2.54. The van der Waals surface area contributed by atoms with Crippen molar-refractivity contribution < 1.29 is 5.11 Å². The minimum Gasteiger partial charge on any atom is -0.858 e.